The van der Waals surface area contributed by atoms with Gasteiger partial charge in [0.05, 0.1) is 13.2 Å². The first-order valence-electron chi connectivity index (χ1n) is 6.08. The number of benzene rings is 1. The number of nitrogens with one attached hydrogen (secondary N) is 1. The molecule has 1 fully saturated rings. The van der Waals surface area contributed by atoms with E-state index in [0.29, 0.717) is 12.2 Å². The molecule has 0 aromatic heterocycles. The molecule has 1 saturated heterocycles. The minimum Gasteiger partial charge on any atom is -0.379 e. The Hall–Kier alpha value is -1.26. The third-order valence-electron chi connectivity index (χ3n) is 2.93. The van der Waals surface area contributed by atoms with E-state index in [1.54, 1.807) is 6.08 Å². The SMILES string of the molecule is C/C(=C/c1cc(F)ccc1F)CC1COCCN1. The van der Waals surface area contributed by atoms with Crippen LogP contribution in [-0.4, -0.2) is 25.8 Å². The van der Waals surface area contributed by atoms with Crippen LogP contribution in [0.5, 0.6) is 0 Å². The van der Waals surface area contributed by atoms with Crippen molar-refractivity contribution < 1.29 is 13.5 Å². The van der Waals surface area contributed by atoms with Gasteiger partial charge in [0.2, 0.25) is 0 Å². The van der Waals surface area contributed by atoms with Crippen LogP contribution in [0.4, 0.5) is 8.78 Å². The van der Waals surface area contributed by atoms with Crippen LogP contribution in [0.2, 0.25) is 0 Å². The van der Waals surface area contributed by atoms with E-state index in [1.165, 1.54) is 6.07 Å². The minimum atomic E-state index is -0.422. The van der Waals surface area contributed by atoms with Gasteiger partial charge in [-0.3, -0.25) is 0 Å². The molecule has 0 spiro atoms. The van der Waals surface area contributed by atoms with E-state index in [0.717, 1.165) is 37.3 Å². The predicted molar refractivity (Wildman–Crippen MR) is 67.2 cm³/mol. The molecule has 0 aliphatic carbocycles. The van der Waals surface area contributed by atoms with Gasteiger partial charge in [0.15, 0.2) is 0 Å². The lowest BCUT2D eigenvalue weighted by Gasteiger charge is -2.24. The Kier molecular flexibility index (Phi) is 4.44. The van der Waals surface area contributed by atoms with Gasteiger partial charge >= 0.3 is 0 Å². The van der Waals surface area contributed by atoms with Crippen molar-refractivity contribution in [3.63, 3.8) is 0 Å². The van der Waals surface area contributed by atoms with Gasteiger partial charge in [0.1, 0.15) is 11.6 Å². The highest BCUT2D eigenvalue weighted by Gasteiger charge is 2.13. The van der Waals surface area contributed by atoms with Crippen molar-refractivity contribution in [2.45, 2.75) is 19.4 Å². The molecule has 1 aromatic carbocycles. The van der Waals surface area contributed by atoms with E-state index in [4.69, 9.17) is 4.74 Å². The second-order valence-corrected chi connectivity index (χ2v) is 4.59. The summed E-state index contributed by atoms with van der Waals surface area (Å²) < 4.78 is 31.8. The summed E-state index contributed by atoms with van der Waals surface area (Å²) in [5, 5.41) is 3.33. The van der Waals surface area contributed by atoms with Gasteiger partial charge in [-0.25, -0.2) is 8.78 Å². The average Bonchev–Trinajstić information content (AvgIpc) is 2.35. The minimum absolute atomic E-state index is 0.256. The molecule has 0 radical (unpaired) electrons. The molecule has 1 aromatic rings. The zero-order valence-electron chi connectivity index (χ0n) is 10.4. The number of halogens is 2. The molecule has 2 nitrogen and oxygen atoms in total. The average molecular weight is 253 g/mol. The van der Waals surface area contributed by atoms with Gasteiger partial charge in [-0.1, -0.05) is 11.6 Å². The maximum atomic E-state index is 13.5. The third kappa shape index (κ3) is 3.62. The second-order valence-electron chi connectivity index (χ2n) is 4.59. The van der Waals surface area contributed by atoms with Crippen LogP contribution in [0.15, 0.2) is 23.8 Å². The first-order chi connectivity index (χ1) is 8.65. The standard InChI is InChI=1S/C14H17F2NO/c1-10(7-13-9-18-5-4-17-13)6-11-8-12(15)2-3-14(11)16/h2-3,6,8,13,17H,4-5,7,9H2,1H3/b10-6-. The van der Waals surface area contributed by atoms with Crippen LogP contribution in [0.3, 0.4) is 0 Å². The lowest BCUT2D eigenvalue weighted by atomic mass is 10.0. The summed E-state index contributed by atoms with van der Waals surface area (Å²) >= 11 is 0. The van der Waals surface area contributed by atoms with Crippen LogP contribution in [0, 0.1) is 11.6 Å². The fourth-order valence-corrected chi connectivity index (χ4v) is 2.09. The van der Waals surface area contributed by atoms with Crippen molar-refractivity contribution in [3.8, 4) is 0 Å². The zero-order chi connectivity index (χ0) is 13.0. The van der Waals surface area contributed by atoms with Gasteiger partial charge in [-0.15, -0.1) is 0 Å². The first kappa shape index (κ1) is 13.2. The van der Waals surface area contributed by atoms with Crippen LogP contribution < -0.4 is 5.32 Å². The van der Waals surface area contributed by atoms with Crippen molar-refractivity contribution in [1.82, 2.24) is 5.32 Å². The van der Waals surface area contributed by atoms with E-state index < -0.39 is 11.6 Å². The van der Waals surface area contributed by atoms with Gasteiger partial charge < -0.3 is 10.1 Å². The second kappa shape index (κ2) is 6.07. The maximum Gasteiger partial charge on any atom is 0.130 e. The summed E-state index contributed by atoms with van der Waals surface area (Å²) in [6.07, 6.45) is 2.46. The summed E-state index contributed by atoms with van der Waals surface area (Å²) in [4.78, 5) is 0. The number of ether oxygens (including phenoxy) is 1. The molecule has 18 heavy (non-hydrogen) atoms. The molecule has 0 saturated carbocycles. The normalized spacial score (nSPS) is 21.1. The Bertz CT molecular complexity index is 439. The summed E-state index contributed by atoms with van der Waals surface area (Å²) in [5.41, 5.74) is 1.30. The van der Waals surface area contributed by atoms with Crippen molar-refractivity contribution in [2.75, 3.05) is 19.8 Å². The van der Waals surface area contributed by atoms with Crippen molar-refractivity contribution >= 4 is 6.08 Å². The molecule has 98 valence electrons. The zero-order valence-corrected chi connectivity index (χ0v) is 10.4. The molecule has 0 bridgehead atoms. The van der Waals surface area contributed by atoms with Crippen molar-refractivity contribution in [1.29, 1.82) is 0 Å². The fourth-order valence-electron chi connectivity index (χ4n) is 2.09. The lowest BCUT2D eigenvalue weighted by Crippen LogP contribution is -2.41. The maximum absolute atomic E-state index is 13.5. The summed E-state index contributed by atoms with van der Waals surface area (Å²) in [7, 11) is 0. The topological polar surface area (TPSA) is 21.3 Å². The van der Waals surface area contributed by atoms with Crippen LogP contribution >= 0.6 is 0 Å². The molecule has 4 heteroatoms. The molecule has 1 aliphatic heterocycles. The van der Waals surface area contributed by atoms with Crippen molar-refractivity contribution in [3.05, 3.63) is 41.0 Å². The van der Waals surface area contributed by atoms with E-state index in [1.807, 2.05) is 6.92 Å². The number of rotatable bonds is 3. The van der Waals surface area contributed by atoms with Gasteiger partial charge in [-0.05, 0) is 31.5 Å². The highest BCUT2D eigenvalue weighted by Crippen LogP contribution is 2.16. The van der Waals surface area contributed by atoms with Gasteiger partial charge in [0.25, 0.3) is 0 Å². The van der Waals surface area contributed by atoms with Gasteiger partial charge in [0, 0.05) is 18.2 Å². The molecular weight excluding hydrogens is 236 g/mol. The highest BCUT2D eigenvalue weighted by molar-refractivity contribution is 5.53. The number of morpholine rings is 1. The quantitative estimate of drug-likeness (QED) is 0.894. The predicted octanol–water partition coefficient (Wildman–Crippen LogP) is 2.75. The molecule has 1 heterocycles. The molecule has 2 rings (SSSR count). The molecule has 1 atom stereocenters. The van der Waals surface area contributed by atoms with Gasteiger partial charge in [-0.2, -0.15) is 0 Å². The highest BCUT2D eigenvalue weighted by atomic mass is 19.1. The Morgan fingerprint density at radius 3 is 3.06 bits per heavy atom. The Morgan fingerprint density at radius 2 is 2.33 bits per heavy atom. The largest absolute Gasteiger partial charge is 0.379 e. The Labute approximate surface area is 106 Å². The van der Waals surface area contributed by atoms with Crippen LogP contribution in [0.1, 0.15) is 18.9 Å². The summed E-state index contributed by atoms with van der Waals surface area (Å²) in [5.74, 6) is -0.821. The molecule has 1 N–H and O–H groups in total. The van der Waals surface area contributed by atoms with E-state index >= 15 is 0 Å². The number of hydrogen-bond donors (Lipinski definition) is 1. The molecule has 0 amide bonds. The van der Waals surface area contributed by atoms with Crippen molar-refractivity contribution in [2.24, 2.45) is 0 Å². The third-order valence-corrected chi connectivity index (χ3v) is 2.93. The summed E-state index contributed by atoms with van der Waals surface area (Å²) in [6, 6.07) is 3.74. The van der Waals surface area contributed by atoms with Crippen LogP contribution in [-0.2, 0) is 4.74 Å². The monoisotopic (exact) mass is 253 g/mol. The van der Waals surface area contributed by atoms with E-state index in [9.17, 15) is 8.78 Å². The Morgan fingerprint density at radius 1 is 1.50 bits per heavy atom. The lowest BCUT2D eigenvalue weighted by molar-refractivity contribution is 0.0771. The van der Waals surface area contributed by atoms with Crippen LogP contribution in [0.25, 0.3) is 6.08 Å². The summed E-state index contributed by atoms with van der Waals surface area (Å²) in [6.45, 7) is 4.15. The number of hydrogen-bond acceptors (Lipinski definition) is 2. The Balaban J connectivity index is 2.04. The smallest absolute Gasteiger partial charge is 0.130 e. The van der Waals surface area contributed by atoms with E-state index in [-0.39, 0.29) is 6.04 Å². The molecule has 1 aliphatic rings. The fraction of sp³-hybridized carbons (Fsp3) is 0.429. The molecule has 1 unspecified atom stereocenters. The molecular formula is C14H17F2NO. The first-order valence-corrected chi connectivity index (χ1v) is 6.08. The van der Waals surface area contributed by atoms with E-state index in [2.05, 4.69) is 5.32 Å².